The first-order valence-electron chi connectivity index (χ1n) is 7.25. The zero-order valence-corrected chi connectivity index (χ0v) is 12.0. The maximum absolute atomic E-state index is 11.9. The maximum atomic E-state index is 11.9. The summed E-state index contributed by atoms with van der Waals surface area (Å²) in [6, 6.07) is 3.76. The lowest BCUT2D eigenvalue weighted by Gasteiger charge is -2.22. The van der Waals surface area contributed by atoms with Gasteiger partial charge in [-0.25, -0.2) is 4.98 Å². The van der Waals surface area contributed by atoms with Gasteiger partial charge < -0.3 is 15.4 Å². The second kappa shape index (κ2) is 7.85. The number of ether oxygens (including phenoxy) is 1. The monoisotopic (exact) mass is 277 g/mol. The van der Waals surface area contributed by atoms with E-state index in [4.69, 9.17) is 4.74 Å². The van der Waals surface area contributed by atoms with Crippen LogP contribution in [0.1, 0.15) is 31.2 Å². The molecule has 1 saturated heterocycles. The number of hydrogen-bond acceptors (Lipinski definition) is 4. The lowest BCUT2D eigenvalue weighted by molar-refractivity contribution is -0.121. The molecule has 5 heteroatoms. The van der Waals surface area contributed by atoms with Crippen molar-refractivity contribution in [1.82, 2.24) is 15.6 Å². The number of methoxy groups -OCH3 is 1. The number of carbonyl (C=O) groups excluding carboxylic acids is 1. The highest BCUT2D eigenvalue weighted by Crippen LogP contribution is 2.18. The van der Waals surface area contributed by atoms with Crippen LogP contribution < -0.4 is 15.4 Å². The van der Waals surface area contributed by atoms with Crippen LogP contribution in [0.4, 0.5) is 0 Å². The SMILES string of the molecule is COc1ncccc1CNC(=O)CCC1CCNCC1. The van der Waals surface area contributed by atoms with Gasteiger partial charge in [-0.05, 0) is 44.3 Å². The van der Waals surface area contributed by atoms with E-state index in [2.05, 4.69) is 15.6 Å². The summed E-state index contributed by atoms with van der Waals surface area (Å²) in [5.74, 6) is 1.37. The number of aromatic nitrogens is 1. The Balaban J connectivity index is 1.71. The summed E-state index contributed by atoms with van der Waals surface area (Å²) in [5, 5.41) is 6.28. The van der Waals surface area contributed by atoms with Gasteiger partial charge >= 0.3 is 0 Å². The number of piperidine rings is 1. The van der Waals surface area contributed by atoms with Gasteiger partial charge in [-0.2, -0.15) is 0 Å². The van der Waals surface area contributed by atoms with Crippen LogP contribution in [0.15, 0.2) is 18.3 Å². The average molecular weight is 277 g/mol. The summed E-state index contributed by atoms with van der Waals surface area (Å²) in [6.45, 7) is 2.64. The van der Waals surface area contributed by atoms with E-state index in [1.165, 1.54) is 12.8 Å². The molecule has 2 heterocycles. The predicted molar refractivity (Wildman–Crippen MR) is 77.5 cm³/mol. The summed E-state index contributed by atoms with van der Waals surface area (Å²) < 4.78 is 5.16. The quantitative estimate of drug-likeness (QED) is 0.827. The van der Waals surface area contributed by atoms with Gasteiger partial charge in [0.2, 0.25) is 11.8 Å². The van der Waals surface area contributed by atoms with Crippen molar-refractivity contribution in [2.45, 2.75) is 32.2 Å². The van der Waals surface area contributed by atoms with Crippen molar-refractivity contribution in [3.8, 4) is 5.88 Å². The number of hydrogen-bond donors (Lipinski definition) is 2. The van der Waals surface area contributed by atoms with E-state index in [0.717, 1.165) is 25.1 Å². The minimum absolute atomic E-state index is 0.106. The van der Waals surface area contributed by atoms with Gasteiger partial charge in [-0.15, -0.1) is 0 Å². The number of pyridine rings is 1. The molecule has 5 nitrogen and oxygen atoms in total. The van der Waals surface area contributed by atoms with E-state index in [-0.39, 0.29) is 5.91 Å². The normalized spacial score (nSPS) is 15.8. The third-order valence-electron chi connectivity index (χ3n) is 3.76. The Bertz CT molecular complexity index is 431. The molecule has 110 valence electrons. The van der Waals surface area contributed by atoms with Gasteiger partial charge in [0.1, 0.15) is 0 Å². The topological polar surface area (TPSA) is 63.2 Å². The maximum Gasteiger partial charge on any atom is 0.220 e. The Morgan fingerprint density at radius 3 is 3.05 bits per heavy atom. The fraction of sp³-hybridized carbons (Fsp3) is 0.600. The highest BCUT2D eigenvalue weighted by atomic mass is 16.5. The molecule has 0 aromatic carbocycles. The standard InChI is InChI=1S/C15H23N3O2/c1-20-15-13(3-2-8-17-15)11-18-14(19)5-4-12-6-9-16-10-7-12/h2-3,8,12,16H,4-7,9-11H2,1H3,(H,18,19). The number of carbonyl (C=O) groups is 1. The van der Waals surface area contributed by atoms with Crippen molar-refractivity contribution in [1.29, 1.82) is 0 Å². The summed E-state index contributed by atoms with van der Waals surface area (Å²) in [5.41, 5.74) is 0.908. The van der Waals surface area contributed by atoms with Gasteiger partial charge in [-0.3, -0.25) is 4.79 Å². The third-order valence-corrected chi connectivity index (χ3v) is 3.76. The minimum atomic E-state index is 0.106. The molecular weight excluding hydrogens is 254 g/mol. The van der Waals surface area contributed by atoms with E-state index < -0.39 is 0 Å². The highest BCUT2D eigenvalue weighted by molar-refractivity contribution is 5.75. The van der Waals surface area contributed by atoms with Crippen LogP contribution >= 0.6 is 0 Å². The molecule has 1 aliphatic heterocycles. The van der Waals surface area contributed by atoms with Crippen molar-refractivity contribution >= 4 is 5.91 Å². The van der Waals surface area contributed by atoms with Crippen molar-refractivity contribution in [3.63, 3.8) is 0 Å². The zero-order valence-electron chi connectivity index (χ0n) is 12.0. The Labute approximate surface area is 120 Å². The van der Waals surface area contributed by atoms with Crippen LogP contribution in [0.2, 0.25) is 0 Å². The Morgan fingerprint density at radius 2 is 2.30 bits per heavy atom. The van der Waals surface area contributed by atoms with Gasteiger partial charge in [-0.1, -0.05) is 6.07 Å². The molecule has 0 atom stereocenters. The molecule has 1 fully saturated rings. The first kappa shape index (κ1) is 14.8. The molecule has 0 bridgehead atoms. The summed E-state index contributed by atoms with van der Waals surface area (Å²) >= 11 is 0. The number of amides is 1. The fourth-order valence-corrected chi connectivity index (χ4v) is 2.53. The molecule has 2 N–H and O–H groups in total. The van der Waals surface area contributed by atoms with E-state index >= 15 is 0 Å². The molecule has 0 radical (unpaired) electrons. The van der Waals surface area contributed by atoms with Crippen LogP contribution in [0, 0.1) is 5.92 Å². The number of nitrogens with zero attached hydrogens (tertiary/aromatic N) is 1. The van der Waals surface area contributed by atoms with Crippen molar-refractivity contribution in [2.24, 2.45) is 5.92 Å². The molecule has 1 aromatic heterocycles. The van der Waals surface area contributed by atoms with Crippen LogP contribution in [0.5, 0.6) is 5.88 Å². The van der Waals surface area contributed by atoms with Gasteiger partial charge in [0, 0.05) is 24.7 Å². The molecule has 2 rings (SSSR count). The first-order chi connectivity index (χ1) is 9.79. The molecule has 20 heavy (non-hydrogen) atoms. The first-order valence-corrected chi connectivity index (χ1v) is 7.25. The van der Waals surface area contributed by atoms with Gasteiger partial charge in [0.05, 0.1) is 7.11 Å². The average Bonchev–Trinajstić information content (AvgIpc) is 2.52. The molecule has 0 unspecified atom stereocenters. The van der Waals surface area contributed by atoms with Crippen molar-refractivity contribution < 1.29 is 9.53 Å². The van der Waals surface area contributed by atoms with Crippen LogP contribution in [0.25, 0.3) is 0 Å². The lowest BCUT2D eigenvalue weighted by atomic mass is 9.93. The van der Waals surface area contributed by atoms with Crippen molar-refractivity contribution in [3.05, 3.63) is 23.9 Å². The molecule has 1 amide bonds. The Morgan fingerprint density at radius 1 is 1.50 bits per heavy atom. The highest BCUT2D eigenvalue weighted by Gasteiger charge is 2.14. The smallest absolute Gasteiger partial charge is 0.220 e. The second-order valence-corrected chi connectivity index (χ2v) is 5.18. The second-order valence-electron chi connectivity index (χ2n) is 5.18. The predicted octanol–water partition coefficient (Wildman–Crippen LogP) is 1.49. The van der Waals surface area contributed by atoms with E-state index in [9.17, 15) is 4.79 Å². The van der Waals surface area contributed by atoms with Gasteiger partial charge in [0.15, 0.2) is 0 Å². The van der Waals surface area contributed by atoms with E-state index in [0.29, 0.717) is 24.8 Å². The zero-order chi connectivity index (χ0) is 14.2. The lowest BCUT2D eigenvalue weighted by Crippen LogP contribution is -2.29. The van der Waals surface area contributed by atoms with Crippen LogP contribution in [-0.4, -0.2) is 31.1 Å². The number of nitrogens with one attached hydrogen (secondary N) is 2. The van der Waals surface area contributed by atoms with Gasteiger partial charge in [0.25, 0.3) is 0 Å². The molecule has 0 saturated carbocycles. The molecular formula is C15H23N3O2. The number of rotatable bonds is 6. The summed E-state index contributed by atoms with van der Waals surface area (Å²) in [6.07, 6.45) is 5.64. The summed E-state index contributed by atoms with van der Waals surface area (Å²) in [7, 11) is 1.59. The van der Waals surface area contributed by atoms with Crippen LogP contribution in [0.3, 0.4) is 0 Å². The minimum Gasteiger partial charge on any atom is -0.481 e. The van der Waals surface area contributed by atoms with Crippen LogP contribution in [-0.2, 0) is 11.3 Å². The molecule has 0 spiro atoms. The molecule has 1 aromatic rings. The molecule has 0 aliphatic carbocycles. The largest absolute Gasteiger partial charge is 0.481 e. The van der Waals surface area contributed by atoms with E-state index in [1.54, 1.807) is 13.3 Å². The van der Waals surface area contributed by atoms with E-state index in [1.807, 2.05) is 12.1 Å². The third kappa shape index (κ3) is 4.49. The summed E-state index contributed by atoms with van der Waals surface area (Å²) in [4.78, 5) is 16.0. The fourth-order valence-electron chi connectivity index (χ4n) is 2.53. The van der Waals surface area contributed by atoms with Crippen molar-refractivity contribution in [2.75, 3.05) is 20.2 Å². The molecule has 1 aliphatic rings. The Kier molecular flexibility index (Phi) is 5.80. The Hall–Kier alpha value is -1.62.